The maximum Gasteiger partial charge on any atom is 0.371 e. The number of aliphatic carboxylic acids is 1. The number of carbonyl (C=O) groups is 3. The van der Waals surface area contributed by atoms with E-state index in [0.717, 1.165) is 13.2 Å². The van der Waals surface area contributed by atoms with Gasteiger partial charge in [0, 0.05) is 6.08 Å². The van der Waals surface area contributed by atoms with E-state index in [1.165, 1.54) is 0 Å². The second-order valence-corrected chi connectivity index (χ2v) is 3.79. The first kappa shape index (κ1) is 16.3. The molecule has 0 spiro atoms. The minimum Gasteiger partial charge on any atom is -0.490 e. The molecule has 102 valence electrons. The van der Waals surface area contributed by atoms with Crippen LogP contribution in [0.5, 0.6) is 0 Å². The molecule has 0 heterocycles. The van der Waals surface area contributed by atoms with E-state index in [1.54, 1.807) is 0 Å². The van der Waals surface area contributed by atoms with Crippen LogP contribution < -0.4 is 11.5 Å². The Hall–Kier alpha value is -1.73. The Morgan fingerprint density at radius 2 is 2.00 bits per heavy atom. The van der Waals surface area contributed by atoms with Gasteiger partial charge in [-0.2, -0.15) is 0 Å². The van der Waals surface area contributed by atoms with Gasteiger partial charge in [0.05, 0.1) is 7.11 Å². The minimum atomic E-state index is -1.73. The van der Waals surface area contributed by atoms with Crippen molar-refractivity contribution in [3.63, 3.8) is 0 Å². The molecule has 0 aliphatic carbocycles. The Balaban J connectivity index is 4.88. The summed E-state index contributed by atoms with van der Waals surface area (Å²) in [5.41, 5.74) is 9.20. The van der Waals surface area contributed by atoms with Gasteiger partial charge >= 0.3 is 5.97 Å². The summed E-state index contributed by atoms with van der Waals surface area (Å²) in [6.45, 7) is 0.428. The molecule has 0 saturated heterocycles. The van der Waals surface area contributed by atoms with Crippen LogP contribution in [0.2, 0.25) is 0 Å². The predicted molar refractivity (Wildman–Crippen MR) is 63.6 cm³/mol. The number of methoxy groups -OCH3 is 1. The predicted octanol–water partition coefficient (Wildman–Crippen LogP) is -0.804. The number of unbranched alkanes of at least 4 members (excludes halogenated alkanes) is 1. The molecule has 0 aliphatic heterocycles. The first-order valence-corrected chi connectivity index (χ1v) is 5.40. The topological polar surface area (TPSA) is 133 Å². The molecule has 0 bridgehead atoms. The van der Waals surface area contributed by atoms with Crippen molar-refractivity contribution in [3.05, 3.63) is 11.8 Å². The lowest BCUT2D eigenvalue weighted by atomic mass is 9.90. The summed E-state index contributed by atoms with van der Waals surface area (Å²) in [7, 11) is 1.11. The number of ether oxygens (including phenoxy) is 1. The lowest BCUT2D eigenvalue weighted by Crippen LogP contribution is -2.49. The van der Waals surface area contributed by atoms with E-state index in [-0.39, 0.29) is 6.42 Å². The van der Waals surface area contributed by atoms with Crippen LogP contribution in [0.15, 0.2) is 11.8 Å². The molecule has 0 amide bonds. The number of carboxylic acid groups (broad SMARTS) is 1. The van der Waals surface area contributed by atoms with E-state index in [1.807, 2.05) is 0 Å². The van der Waals surface area contributed by atoms with Gasteiger partial charge in [-0.1, -0.05) is 0 Å². The van der Waals surface area contributed by atoms with E-state index in [4.69, 9.17) is 16.6 Å². The van der Waals surface area contributed by atoms with Crippen molar-refractivity contribution in [3.8, 4) is 0 Å². The molecule has 7 nitrogen and oxygen atoms in total. The number of nitrogens with two attached hydrogens (primary N) is 2. The number of hydrogen-bond donors (Lipinski definition) is 3. The molecule has 7 heteroatoms. The van der Waals surface area contributed by atoms with Gasteiger partial charge in [0.25, 0.3) is 0 Å². The van der Waals surface area contributed by atoms with Crippen molar-refractivity contribution in [2.75, 3.05) is 13.7 Å². The zero-order valence-electron chi connectivity index (χ0n) is 10.2. The molecule has 0 saturated carbocycles. The molecule has 1 atom stereocenters. The van der Waals surface area contributed by atoms with Crippen LogP contribution in [-0.4, -0.2) is 42.3 Å². The van der Waals surface area contributed by atoms with Gasteiger partial charge in [-0.05, 0) is 25.8 Å². The fourth-order valence-electron chi connectivity index (χ4n) is 1.26. The summed E-state index contributed by atoms with van der Waals surface area (Å²) in [4.78, 5) is 33.3. The Labute approximate surface area is 105 Å². The SMILES string of the molecule is CO/C(=C/C(=O)[C@@](N)(C=O)CCCCN)C(=O)O. The first-order chi connectivity index (χ1) is 8.41. The number of carboxylic acids is 1. The Morgan fingerprint density at radius 3 is 2.39 bits per heavy atom. The van der Waals surface area contributed by atoms with Crippen LogP contribution in [0.25, 0.3) is 0 Å². The molecule has 0 aromatic rings. The van der Waals surface area contributed by atoms with Gasteiger partial charge < -0.3 is 26.1 Å². The van der Waals surface area contributed by atoms with E-state index in [2.05, 4.69) is 4.74 Å². The maximum absolute atomic E-state index is 11.8. The zero-order valence-corrected chi connectivity index (χ0v) is 10.2. The number of hydrogen-bond acceptors (Lipinski definition) is 6. The molecule has 0 aliphatic rings. The van der Waals surface area contributed by atoms with Crippen LogP contribution >= 0.6 is 0 Å². The third-order valence-electron chi connectivity index (χ3n) is 2.41. The normalized spacial score (nSPS) is 14.7. The second-order valence-electron chi connectivity index (χ2n) is 3.79. The molecule has 0 rings (SSSR count). The molecular weight excluding hydrogens is 240 g/mol. The maximum atomic E-state index is 11.8. The van der Waals surface area contributed by atoms with Crippen molar-refractivity contribution in [1.82, 2.24) is 0 Å². The van der Waals surface area contributed by atoms with Crippen molar-refractivity contribution in [2.45, 2.75) is 24.8 Å². The highest BCUT2D eigenvalue weighted by atomic mass is 16.5. The Kier molecular flexibility index (Phi) is 6.84. The Morgan fingerprint density at radius 1 is 1.39 bits per heavy atom. The highest BCUT2D eigenvalue weighted by Crippen LogP contribution is 2.12. The van der Waals surface area contributed by atoms with Gasteiger partial charge in [0.2, 0.25) is 5.76 Å². The van der Waals surface area contributed by atoms with E-state index >= 15 is 0 Å². The smallest absolute Gasteiger partial charge is 0.371 e. The average molecular weight is 258 g/mol. The first-order valence-electron chi connectivity index (χ1n) is 5.40. The van der Waals surface area contributed by atoms with Crippen LogP contribution in [0.3, 0.4) is 0 Å². The van der Waals surface area contributed by atoms with Gasteiger partial charge in [-0.25, -0.2) is 4.79 Å². The summed E-state index contributed by atoms with van der Waals surface area (Å²) < 4.78 is 4.50. The molecule has 0 aromatic heterocycles. The fraction of sp³-hybridized carbons (Fsp3) is 0.545. The lowest BCUT2D eigenvalue weighted by molar-refractivity contribution is -0.137. The molecule has 5 N–H and O–H groups in total. The number of carbonyl (C=O) groups excluding carboxylic acids is 2. The largest absolute Gasteiger partial charge is 0.490 e. The van der Waals surface area contributed by atoms with E-state index in [9.17, 15) is 14.4 Å². The average Bonchev–Trinajstić information content (AvgIpc) is 2.35. The van der Waals surface area contributed by atoms with Crippen LogP contribution in [0.4, 0.5) is 0 Å². The quantitative estimate of drug-likeness (QED) is 0.162. The van der Waals surface area contributed by atoms with E-state index in [0.29, 0.717) is 25.7 Å². The van der Waals surface area contributed by atoms with Gasteiger partial charge in [-0.15, -0.1) is 0 Å². The van der Waals surface area contributed by atoms with E-state index < -0.39 is 23.1 Å². The third-order valence-corrected chi connectivity index (χ3v) is 2.41. The number of ketones is 1. The monoisotopic (exact) mass is 258 g/mol. The number of rotatable bonds is 9. The van der Waals surface area contributed by atoms with Crippen LogP contribution in [0, 0.1) is 0 Å². The van der Waals surface area contributed by atoms with Crippen LogP contribution in [0.1, 0.15) is 19.3 Å². The molecule has 0 fully saturated rings. The summed E-state index contributed by atoms with van der Waals surface area (Å²) in [6.07, 6.45) is 2.27. The summed E-state index contributed by atoms with van der Waals surface area (Å²) in [5.74, 6) is -2.76. The highest BCUT2D eigenvalue weighted by Gasteiger charge is 2.32. The minimum absolute atomic E-state index is 0.111. The summed E-state index contributed by atoms with van der Waals surface area (Å²) in [6, 6.07) is 0. The van der Waals surface area contributed by atoms with Crippen molar-refractivity contribution in [2.24, 2.45) is 11.5 Å². The van der Waals surface area contributed by atoms with Crippen molar-refractivity contribution >= 4 is 18.0 Å². The molecule has 0 aromatic carbocycles. The van der Waals surface area contributed by atoms with Crippen LogP contribution in [-0.2, 0) is 19.1 Å². The standard InChI is InChI=1S/C11H18N2O5/c1-18-8(10(16)17)6-9(15)11(13,7-14)4-2-3-5-12/h6-7H,2-5,12-13H2,1H3,(H,16,17)/b8-6+/t11-/m0/s1. The summed E-state index contributed by atoms with van der Waals surface area (Å²) >= 11 is 0. The van der Waals surface area contributed by atoms with Gasteiger partial charge in [0.15, 0.2) is 5.78 Å². The summed E-state index contributed by atoms with van der Waals surface area (Å²) in [5, 5.41) is 8.68. The van der Waals surface area contributed by atoms with Gasteiger partial charge in [0.1, 0.15) is 11.8 Å². The molecule has 0 radical (unpaired) electrons. The third kappa shape index (κ3) is 4.64. The van der Waals surface area contributed by atoms with Crippen molar-refractivity contribution in [1.29, 1.82) is 0 Å². The second kappa shape index (κ2) is 7.57. The Bertz CT molecular complexity index is 353. The number of aldehydes is 1. The van der Waals surface area contributed by atoms with Crippen molar-refractivity contribution < 1.29 is 24.2 Å². The molecule has 0 unspecified atom stereocenters. The molecular formula is C11H18N2O5. The lowest BCUT2D eigenvalue weighted by Gasteiger charge is -2.19. The molecule has 18 heavy (non-hydrogen) atoms. The fourth-order valence-corrected chi connectivity index (χ4v) is 1.26. The zero-order chi connectivity index (χ0) is 14.2. The highest BCUT2D eigenvalue weighted by molar-refractivity contribution is 6.11. The van der Waals surface area contributed by atoms with Gasteiger partial charge in [-0.3, -0.25) is 4.79 Å².